The van der Waals surface area contributed by atoms with Crippen LogP contribution in [-0.4, -0.2) is 77.7 Å². The minimum atomic E-state index is -0.131. The minimum Gasteiger partial charge on any atom is -0.462 e. The number of carbonyl (C=O) groups is 3. The number of unbranched alkanes of at least 4 members (excludes halogenated alkanes) is 16. The van der Waals surface area contributed by atoms with Crippen LogP contribution in [-0.2, 0) is 19.1 Å². The fourth-order valence-corrected chi connectivity index (χ4v) is 8.71. The Labute approximate surface area is 339 Å². The fourth-order valence-electron chi connectivity index (χ4n) is 7.58. The van der Waals surface area contributed by atoms with Crippen LogP contribution in [0.15, 0.2) is 0 Å². The molecule has 0 bridgehead atoms. The van der Waals surface area contributed by atoms with Crippen LogP contribution in [0.2, 0.25) is 0 Å². The Balaban J connectivity index is 2.75. The molecule has 1 aliphatic rings. The zero-order valence-electron chi connectivity index (χ0n) is 36.3. The van der Waals surface area contributed by atoms with E-state index < -0.39 is 0 Å². The molecule has 1 atom stereocenters. The van der Waals surface area contributed by atoms with E-state index in [1.165, 1.54) is 114 Å². The van der Waals surface area contributed by atoms with Crippen LogP contribution in [0.1, 0.15) is 227 Å². The summed E-state index contributed by atoms with van der Waals surface area (Å²) in [4.78, 5) is 44.2. The summed E-state index contributed by atoms with van der Waals surface area (Å²) in [7, 11) is 2.16. The fraction of sp³-hybridized carbons (Fsp3) is 0.935. The molecule has 0 radical (unpaired) electrons. The van der Waals surface area contributed by atoms with Crippen molar-refractivity contribution in [2.75, 3.05) is 33.2 Å². The highest BCUT2D eigenvalue weighted by Gasteiger charge is 2.24. The van der Waals surface area contributed by atoms with Crippen LogP contribution >= 0.6 is 11.8 Å². The van der Waals surface area contributed by atoms with E-state index in [1.807, 2.05) is 4.90 Å². The number of amides is 1. The third-order valence-corrected chi connectivity index (χ3v) is 12.4. The van der Waals surface area contributed by atoms with Crippen LogP contribution in [0.4, 0.5) is 4.79 Å². The number of esters is 2. The molecule has 1 aliphatic heterocycles. The van der Waals surface area contributed by atoms with Crippen LogP contribution in [0.3, 0.4) is 0 Å². The third-order valence-electron chi connectivity index (χ3n) is 11.2. The lowest BCUT2D eigenvalue weighted by atomic mass is 10.0. The van der Waals surface area contributed by atoms with Crippen LogP contribution in [0.5, 0.6) is 0 Å². The molecule has 1 saturated heterocycles. The van der Waals surface area contributed by atoms with Gasteiger partial charge in [0.25, 0.3) is 5.24 Å². The van der Waals surface area contributed by atoms with Gasteiger partial charge >= 0.3 is 11.9 Å². The van der Waals surface area contributed by atoms with E-state index in [1.54, 1.807) is 0 Å². The monoisotopic (exact) mass is 781 g/mol. The standard InChI is InChI=1S/C46H88N2O5S/c1-6-10-14-18-22-29-41(30-23-19-15-11-7-2)52-44(49)34-27-38-48(46(51)54-43-33-26-37-47(5)40-36-43)39-28-35-45(50)53-42(31-24-20-16-12-8-3)32-25-21-17-13-9-4/h41-43H,6-40H2,1-5H3. The van der Waals surface area contributed by atoms with Crippen molar-refractivity contribution in [3.8, 4) is 0 Å². The number of thioether (sulfide) groups is 1. The SMILES string of the molecule is CCCCCCCC(CCCCCCC)OC(=O)CCCN(CCCC(=O)OC(CCCCCCC)CCCCCCC)C(=O)SC1CCCN(C)CC1. The van der Waals surface area contributed by atoms with Gasteiger partial charge in [-0.25, -0.2) is 0 Å². The van der Waals surface area contributed by atoms with Crippen LogP contribution < -0.4 is 0 Å². The lowest BCUT2D eigenvalue weighted by Crippen LogP contribution is -2.32. The average molecular weight is 781 g/mol. The van der Waals surface area contributed by atoms with Crippen molar-refractivity contribution in [2.45, 2.75) is 244 Å². The molecule has 54 heavy (non-hydrogen) atoms. The Morgan fingerprint density at radius 3 is 1.33 bits per heavy atom. The Kier molecular flexibility index (Phi) is 33.9. The van der Waals surface area contributed by atoms with Gasteiger partial charge < -0.3 is 19.3 Å². The Hall–Kier alpha value is -1.28. The first-order chi connectivity index (χ1) is 26.3. The highest BCUT2D eigenvalue weighted by atomic mass is 32.2. The average Bonchev–Trinajstić information content (AvgIpc) is 3.36. The van der Waals surface area contributed by atoms with E-state index >= 15 is 0 Å². The number of hydrogen-bond donors (Lipinski definition) is 0. The molecule has 318 valence electrons. The number of hydrogen-bond acceptors (Lipinski definition) is 7. The molecule has 1 heterocycles. The predicted molar refractivity (Wildman–Crippen MR) is 231 cm³/mol. The summed E-state index contributed by atoms with van der Waals surface area (Å²) >= 11 is 1.47. The van der Waals surface area contributed by atoms with Gasteiger partial charge in [0.15, 0.2) is 0 Å². The van der Waals surface area contributed by atoms with Crippen LogP contribution in [0.25, 0.3) is 0 Å². The summed E-state index contributed by atoms with van der Waals surface area (Å²) in [5, 5.41) is 0.394. The van der Waals surface area contributed by atoms with Crippen molar-refractivity contribution < 1.29 is 23.9 Å². The van der Waals surface area contributed by atoms with E-state index in [0.717, 1.165) is 83.7 Å². The summed E-state index contributed by atoms with van der Waals surface area (Å²) in [5.41, 5.74) is 0. The predicted octanol–water partition coefficient (Wildman–Crippen LogP) is 13.5. The molecular formula is C46H88N2O5S. The molecule has 1 unspecified atom stereocenters. The van der Waals surface area contributed by atoms with E-state index in [2.05, 4.69) is 39.6 Å². The van der Waals surface area contributed by atoms with Gasteiger partial charge in [-0.05, 0) is 104 Å². The molecule has 0 aliphatic carbocycles. The van der Waals surface area contributed by atoms with Gasteiger partial charge in [0.2, 0.25) is 0 Å². The molecule has 1 amide bonds. The van der Waals surface area contributed by atoms with Gasteiger partial charge in [-0.2, -0.15) is 0 Å². The van der Waals surface area contributed by atoms with Gasteiger partial charge in [0.1, 0.15) is 12.2 Å². The Morgan fingerprint density at radius 2 is 0.944 bits per heavy atom. The summed E-state index contributed by atoms with van der Waals surface area (Å²) < 4.78 is 12.2. The van der Waals surface area contributed by atoms with Gasteiger partial charge in [-0.3, -0.25) is 14.4 Å². The largest absolute Gasteiger partial charge is 0.462 e. The molecule has 7 nitrogen and oxygen atoms in total. The second-order valence-corrected chi connectivity index (χ2v) is 17.7. The quantitative estimate of drug-likeness (QED) is 0.0468. The first kappa shape index (κ1) is 50.7. The first-order valence-electron chi connectivity index (χ1n) is 23.4. The zero-order valence-corrected chi connectivity index (χ0v) is 37.1. The lowest BCUT2D eigenvalue weighted by Gasteiger charge is -2.25. The number of rotatable bonds is 35. The molecule has 0 aromatic carbocycles. The van der Waals surface area contributed by atoms with Gasteiger partial charge in [-0.1, -0.05) is 142 Å². The smallest absolute Gasteiger partial charge is 0.306 e. The van der Waals surface area contributed by atoms with Gasteiger partial charge in [-0.15, -0.1) is 0 Å². The lowest BCUT2D eigenvalue weighted by molar-refractivity contribution is -0.150. The maximum Gasteiger partial charge on any atom is 0.306 e. The van der Waals surface area contributed by atoms with Crippen LogP contribution in [0, 0.1) is 0 Å². The summed E-state index contributed by atoms with van der Waals surface area (Å²) in [6.07, 6.45) is 33.1. The first-order valence-corrected chi connectivity index (χ1v) is 24.2. The van der Waals surface area contributed by atoms with Crippen molar-refractivity contribution in [3.63, 3.8) is 0 Å². The maximum absolute atomic E-state index is 13.7. The minimum absolute atomic E-state index is 0.00457. The maximum atomic E-state index is 13.7. The number of likely N-dealkylation sites (tertiary alicyclic amines) is 1. The second kappa shape index (κ2) is 36.1. The molecule has 0 N–H and O–H groups in total. The molecule has 1 rings (SSSR count). The number of carbonyl (C=O) groups excluding carboxylic acids is 3. The number of nitrogens with zero attached hydrogens (tertiary/aromatic N) is 2. The van der Waals surface area contributed by atoms with Gasteiger partial charge in [0.05, 0.1) is 0 Å². The normalized spacial score (nSPS) is 15.1. The number of ether oxygens (including phenoxy) is 2. The summed E-state index contributed by atoms with van der Waals surface area (Å²) in [6.45, 7) is 12.1. The van der Waals surface area contributed by atoms with E-state index in [0.29, 0.717) is 44.0 Å². The topological polar surface area (TPSA) is 76.1 Å². The van der Waals surface area contributed by atoms with E-state index in [9.17, 15) is 14.4 Å². The molecule has 0 aromatic heterocycles. The summed E-state index contributed by atoms with van der Waals surface area (Å²) in [5.74, 6) is -0.263. The van der Waals surface area contributed by atoms with Crippen molar-refractivity contribution in [3.05, 3.63) is 0 Å². The molecule has 8 heteroatoms. The molecule has 0 saturated carbocycles. The third kappa shape index (κ3) is 29.0. The van der Waals surface area contributed by atoms with E-state index in [4.69, 9.17) is 9.47 Å². The van der Waals surface area contributed by atoms with Crippen molar-refractivity contribution in [2.24, 2.45) is 0 Å². The van der Waals surface area contributed by atoms with Gasteiger partial charge in [0, 0.05) is 31.2 Å². The molecule has 0 spiro atoms. The molecule has 0 aromatic rings. The van der Waals surface area contributed by atoms with Crippen molar-refractivity contribution >= 4 is 28.9 Å². The summed E-state index contributed by atoms with van der Waals surface area (Å²) in [6, 6.07) is 0. The van der Waals surface area contributed by atoms with Crippen molar-refractivity contribution in [1.29, 1.82) is 0 Å². The molecule has 1 fully saturated rings. The van der Waals surface area contributed by atoms with E-state index in [-0.39, 0.29) is 29.4 Å². The zero-order chi connectivity index (χ0) is 39.5. The highest BCUT2D eigenvalue weighted by molar-refractivity contribution is 8.14. The Bertz CT molecular complexity index is 824. The van der Waals surface area contributed by atoms with Crippen molar-refractivity contribution in [1.82, 2.24) is 9.80 Å². The Morgan fingerprint density at radius 1 is 0.556 bits per heavy atom. The molecular weight excluding hydrogens is 693 g/mol. The highest BCUT2D eigenvalue weighted by Crippen LogP contribution is 2.27. The second-order valence-electron chi connectivity index (χ2n) is 16.5.